The predicted octanol–water partition coefficient (Wildman–Crippen LogP) is 3.26. The molecule has 2 amide bonds. The summed E-state index contributed by atoms with van der Waals surface area (Å²) in [5.74, 6) is 0.750. The monoisotopic (exact) mass is 382 g/mol. The number of piperidine rings is 1. The molecule has 2 aromatic rings. The first-order valence-corrected chi connectivity index (χ1v) is 9.48. The number of benzene rings is 2. The van der Waals surface area contributed by atoms with Crippen LogP contribution in [0, 0.1) is 12.8 Å². The molecular formula is C22H26N2O4. The molecule has 0 bridgehead atoms. The summed E-state index contributed by atoms with van der Waals surface area (Å²) in [6.45, 7) is 2.94. The maximum Gasteiger partial charge on any atom is 0.260 e. The van der Waals surface area contributed by atoms with Crippen molar-refractivity contribution in [1.82, 2.24) is 4.90 Å². The van der Waals surface area contributed by atoms with Crippen LogP contribution in [-0.2, 0) is 9.59 Å². The van der Waals surface area contributed by atoms with Crippen molar-refractivity contribution in [2.24, 2.45) is 5.92 Å². The number of methoxy groups -OCH3 is 1. The van der Waals surface area contributed by atoms with E-state index in [1.54, 1.807) is 18.1 Å². The molecule has 0 spiro atoms. The van der Waals surface area contributed by atoms with Crippen LogP contribution in [-0.4, -0.2) is 43.5 Å². The Morgan fingerprint density at radius 1 is 1.14 bits per heavy atom. The van der Waals surface area contributed by atoms with Gasteiger partial charge in [0.25, 0.3) is 5.91 Å². The Labute approximate surface area is 165 Å². The van der Waals surface area contributed by atoms with Crippen molar-refractivity contribution in [2.75, 3.05) is 32.1 Å². The lowest BCUT2D eigenvalue weighted by Crippen LogP contribution is -2.45. The Morgan fingerprint density at radius 2 is 1.93 bits per heavy atom. The number of rotatable bonds is 6. The van der Waals surface area contributed by atoms with Gasteiger partial charge >= 0.3 is 0 Å². The Morgan fingerprint density at radius 3 is 2.68 bits per heavy atom. The van der Waals surface area contributed by atoms with Crippen molar-refractivity contribution < 1.29 is 19.1 Å². The summed E-state index contributed by atoms with van der Waals surface area (Å²) in [7, 11) is 1.57. The number of hydrogen-bond donors (Lipinski definition) is 1. The number of hydrogen-bond acceptors (Lipinski definition) is 4. The zero-order chi connectivity index (χ0) is 19.9. The number of carbonyl (C=O) groups is 2. The first-order chi connectivity index (χ1) is 13.6. The molecule has 6 nitrogen and oxygen atoms in total. The van der Waals surface area contributed by atoms with E-state index in [4.69, 9.17) is 9.47 Å². The summed E-state index contributed by atoms with van der Waals surface area (Å²) in [5, 5.41) is 2.92. The second-order valence-electron chi connectivity index (χ2n) is 6.98. The molecule has 0 saturated carbocycles. The van der Waals surface area contributed by atoms with Crippen molar-refractivity contribution in [1.29, 1.82) is 0 Å². The second-order valence-corrected chi connectivity index (χ2v) is 6.98. The van der Waals surface area contributed by atoms with Gasteiger partial charge in [0.15, 0.2) is 18.1 Å². The molecule has 1 heterocycles. The Bertz CT molecular complexity index is 823. The van der Waals surface area contributed by atoms with Crippen molar-refractivity contribution >= 4 is 17.5 Å². The van der Waals surface area contributed by atoms with Gasteiger partial charge in [0.1, 0.15) is 0 Å². The number of carbonyl (C=O) groups excluding carboxylic acids is 2. The second kappa shape index (κ2) is 9.26. The molecule has 1 atom stereocenters. The highest BCUT2D eigenvalue weighted by Crippen LogP contribution is 2.28. The minimum atomic E-state index is -0.216. The zero-order valence-electron chi connectivity index (χ0n) is 16.3. The van der Waals surface area contributed by atoms with Crippen LogP contribution in [0.3, 0.4) is 0 Å². The van der Waals surface area contributed by atoms with E-state index >= 15 is 0 Å². The molecule has 1 aliphatic rings. The third-order valence-electron chi connectivity index (χ3n) is 4.86. The van der Waals surface area contributed by atoms with Gasteiger partial charge in [-0.1, -0.05) is 24.3 Å². The average molecular weight is 382 g/mol. The van der Waals surface area contributed by atoms with Gasteiger partial charge in [0, 0.05) is 18.8 Å². The highest BCUT2D eigenvalue weighted by Gasteiger charge is 2.28. The van der Waals surface area contributed by atoms with E-state index in [1.807, 2.05) is 49.4 Å². The Hall–Kier alpha value is -3.02. The molecular weight excluding hydrogens is 356 g/mol. The number of nitrogens with one attached hydrogen (secondary N) is 1. The van der Waals surface area contributed by atoms with Gasteiger partial charge in [-0.2, -0.15) is 0 Å². The van der Waals surface area contributed by atoms with Crippen molar-refractivity contribution in [3.63, 3.8) is 0 Å². The Balaban J connectivity index is 1.55. The van der Waals surface area contributed by atoms with E-state index in [0.29, 0.717) is 24.6 Å². The number of ether oxygens (including phenoxy) is 2. The van der Waals surface area contributed by atoms with E-state index in [1.165, 1.54) is 0 Å². The van der Waals surface area contributed by atoms with Gasteiger partial charge in [0.2, 0.25) is 5.91 Å². The lowest BCUT2D eigenvalue weighted by molar-refractivity contribution is -0.136. The van der Waals surface area contributed by atoms with Gasteiger partial charge in [-0.05, 0) is 49.6 Å². The third kappa shape index (κ3) is 5.03. The minimum Gasteiger partial charge on any atom is -0.493 e. The lowest BCUT2D eigenvalue weighted by Gasteiger charge is -2.32. The van der Waals surface area contributed by atoms with E-state index < -0.39 is 0 Å². The van der Waals surface area contributed by atoms with Crippen LogP contribution in [0.4, 0.5) is 5.69 Å². The van der Waals surface area contributed by atoms with Crippen LogP contribution >= 0.6 is 0 Å². The van der Waals surface area contributed by atoms with Crippen molar-refractivity contribution in [3.8, 4) is 11.5 Å². The van der Waals surface area contributed by atoms with Crippen LogP contribution in [0.1, 0.15) is 18.4 Å². The molecule has 0 aromatic heterocycles. The van der Waals surface area contributed by atoms with Gasteiger partial charge in [-0.15, -0.1) is 0 Å². The maximum absolute atomic E-state index is 12.6. The molecule has 1 saturated heterocycles. The first kappa shape index (κ1) is 19.7. The quantitative estimate of drug-likeness (QED) is 0.833. The van der Waals surface area contributed by atoms with Gasteiger partial charge in [0.05, 0.1) is 13.0 Å². The van der Waals surface area contributed by atoms with E-state index in [0.717, 1.165) is 24.1 Å². The van der Waals surface area contributed by atoms with Crippen LogP contribution in [0.15, 0.2) is 48.5 Å². The molecule has 148 valence electrons. The molecule has 0 radical (unpaired) electrons. The molecule has 6 heteroatoms. The summed E-state index contributed by atoms with van der Waals surface area (Å²) < 4.78 is 11.0. The fourth-order valence-electron chi connectivity index (χ4n) is 3.31. The van der Waals surface area contributed by atoms with Gasteiger partial charge in [-0.25, -0.2) is 0 Å². The maximum atomic E-state index is 12.6. The summed E-state index contributed by atoms with van der Waals surface area (Å²) in [6, 6.07) is 14.9. The topological polar surface area (TPSA) is 67.9 Å². The minimum absolute atomic E-state index is 0.0511. The molecule has 2 aromatic carbocycles. The summed E-state index contributed by atoms with van der Waals surface area (Å²) in [4.78, 5) is 26.8. The van der Waals surface area contributed by atoms with Crippen LogP contribution in [0.5, 0.6) is 11.5 Å². The number of likely N-dealkylation sites (tertiary alicyclic amines) is 1. The van der Waals surface area contributed by atoms with Crippen LogP contribution in [0.25, 0.3) is 0 Å². The van der Waals surface area contributed by atoms with Gasteiger partial charge < -0.3 is 19.7 Å². The number of amides is 2. The van der Waals surface area contributed by atoms with Crippen LogP contribution < -0.4 is 14.8 Å². The average Bonchev–Trinajstić information content (AvgIpc) is 2.73. The Kier molecular flexibility index (Phi) is 6.53. The number of para-hydroxylation sites is 1. The van der Waals surface area contributed by atoms with E-state index in [2.05, 4.69) is 5.32 Å². The third-order valence-corrected chi connectivity index (χ3v) is 4.86. The molecule has 28 heavy (non-hydrogen) atoms. The van der Waals surface area contributed by atoms with Gasteiger partial charge in [-0.3, -0.25) is 9.59 Å². The normalized spacial score (nSPS) is 16.4. The largest absolute Gasteiger partial charge is 0.493 e. The molecule has 0 aliphatic carbocycles. The first-order valence-electron chi connectivity index (χ1n) is 9.48. The zero-order valence-corrected chi connectivity index (χ0v) is 16.3. The van der Waals surface area contributed by atoms with E-state index in [9.17, 15) is 9.59 Å². The predicted molar refractivity (Wildman–Crippen MR) is 108 cm³/mol. The number of anilines is 1. The summed E-state index contributed by atoms with van der Waals surface area (Å²) in [6.07, 6.45) is 1.57. The number of nitrogens with zero attached hydrogens (tertiary/aromatic N) is 1. The van der Waals surface area contributed by atoms with Crippen molar-refractivity contribution in [3.05, 3.63) is 54.1 Å². The fourth-order valence-corrected chi connectivity index (χ4v) is 3.31. The fraction of sp³-hybridized carbons (Fsp3) is 0.364. The van der Waals surface area contributed by atoms with Crippen LogP contribution in [0.2, 0.25) is 0 Å². The van der Waals surface area contributed by atoms with E-state index in [-0.39, 0.29) is 24.3 Å². The SMILES string of the molecule is COc1cc(C)ccc1OCC(=O)N1CCCC(C(=O)Nc2ccccc2)C1. The molecule has 1 fully saturated rings. The summed E-state index contributed by atoms with van der Waals surface area (Å²) >= 11 is 0. The molecule has 1 aliphatic heterocycles. The highest BCUT2D eigenvalue weighted by molar-refractivity contribution is 5.93. The molecule has 1 unspecified atom stereocenters. The standard InChI is InChI=1S/C22H26N2O4/c1-16-10-11-19(20(13-16)27-2)28-15-21(25)24-12-6-7-17(14-24)22(26)23-18-8-4-3-5-9-18/h3-5,8-11,13,17H,6-7,12,14-15H2,1-2H3,(H,23,26). The molecule has 3 rings (SSSR count). The highest BCUT2D eigenvalue weighted by atomic mass is 16.5. The van der Waals surface area contributed by atoms with Crippen molar-refractivity contribution in [2.45, 2.75) is 19.8 Å². The smallest absolute Gasteiger partial charge is 0.260 e. The molecule has 1 N–H and O–H groups in total. The lowest BCUT2D eigenvalue weighted by atomic mass is 9.97. The summed E-state index contributed by atoms with van der Waals surface area (Å²) in [5.41, 5.74) is 1.82. The number of aryl methyl sites for hydroxylation is 1.